The van der Waals surface area contributed by atoms with E-state index < -0.39 is 92.3 Å². The zero-order chi connectivity index (χ0) is 67.4. The predicted molar refractivity (Wildman–Crippen MR) is 351 cm³/mol. The van der Waals surface area contributed by atoms with Gasteiger partial charge in [-0.1, -0.05) is 60.7 Å². The molecular formula is C67H84Cl2N4O22. The van der Waals surface area contributed by atoms with E-state index in [1.54, 1.807) is 66.7 Å². The molecule has 26 nitrogen and oxygen atoms in total. The van der Waals surface area contributed by atoms with Gasteiger partial charge in [0.2, 0.25) is 18.5 Å². The number of nitrogens with zero attached hydrogens (tertiary/aromatic N) is 2. The number of nitrogens with one attached hydrogen (secondary N) is 1. The second-order valence-corrected chi connectivity index (χ2v) is 23.4. The number of halogens is 2. The molecule has 0 saturated carbocycles. The molecule has 95 heavy (non-hydrogen) atoms. The van der Waals surface area contributed by atoms with Crippen LogP contribution in [0.15, 0.2) is 91.0 Å². The second-order valence-electron chi connectivity index (χ2n) is 22.8. The Morgan fingerprint density at radius 1 is 0.516 bits per heavy atom. The van der Waals surface area contributed by atoms with Crippen LogP contribution in [-0.4, -0.2) is 257 Å². The number of ether oxygens (including phenoxy) is 11. The van der Waals surface area contributed by atoms with Crippen LogP contribution >= 0.6 is 23.2 Å². The first-order chi connectivity index (χ1) is 46.2. The van der Waals surface area contributed by atoms with E-state index in [-0.39, 0.29) is 80.1 Å². The normalized spacial score (nSPS) is 24.3. The molecule has 0 unspecified atom stereocenters. The third kappa shape index (κ3) is 18.6. The molecule has 12 atom stereocenters. The fourth-order valence-electron chi connectivity index (χ4n) is 11.6. The van der Waals surface area contributed by atoms with Gasteiger partial charge in [0.15, 0.2) is 0 Å². The average molecular weight is 1370 g/mol. The number of fused-ring (bicyclic) bond motifs is 6. The molecule has 0 aliphatic carbocycles. The van der Waals surface area contributed by atoms with Crippen molar-refractivity contribution in [2.45, 2.75) is 79.7 Å². The van der Waals surface area contributed by atoms with Crippen LogP contribution in [0.25, 0.3) is 33.7 Å². The summed E-state index contributed by atoms with van der Waals surface area (Å²) in [5.74, 6) is -1.31. The number of aliphatic hydroxyl groups excluding tert-OH is 8. The minimum atomic E-state index is -1.71. The number of aliphatic hydroxyl groups is 8. The highest BCUT2D eigenvalue weighted by molar-refractivity contribution is 6.20. The van der Waals surface area contributed by atoms with Gasteiger partial charge in [-0.15, -0.1) is 23.2 Å². The van der Waals surface area contributed by atoms with Gasteiger partial charge in [-0.05, 0) is 51.2 Å². The Hall–Kier alpha value is -6.03. The summed E-state index contributed by atoms with van der Waals surface area (Å²) in [6.07, 6.45) is -9.74. The number of anilines is 3. The van der Waals surface area contributed by atoms with Crippen LogP contribution < -0.4 is 30.3 Å². The van der Waals surface area contributed by atoms with Gasteiger partial charge in [0, 0.05) is 84.0 Å². The Balaban J connectivity index is 0.869. The fourth-order valence-corrected chi connectivity index (χ4v) is 12.1. The first-order valence-corrected chi connectivity index (χ1v) is 32.6. The van der Waals surface area contributed by atoms with Crippen LogP contribution in [0.5, 0.6) is 11.5 Å². The van der Waals surface area contributed by atoms with E-state index >= 15 is 0 Å². The molecule has 11 N–H and O–H groups in total. The monoisotopic (exact) mass is 1370 g/mol. The minimum absolute atomic E-state index is 0.0414. The summed E-state index contributed by atoms with van der Waals surface area (Å²) in [5, 5.41) is 89.1. The summed E-state index contributed by atoms with van der Waals surface area (Å²) in [4.78, 5) is 45.8. The maximum Gasteiger partial charge on any atom is 0.251 e. The molecule has 5 aromatic rings. The number of amides is 3. The zero-order valence-corrected chi connectivity index (χ0v) is 53.8. The van der Waals surface area contributed by atoms with E-state index in [1.165, 1.54) is 22.0 Å². The van der Waals surface area contributed by atoms with Crippen molar-refractivity contribution in [2.75, 3.05) is 152 Å². The molecule has 0 radical (unpaired) electrons. The number of carbonyl (C=O) groups is 3. The number of benzene rings is 5. The molecule has 0 spiro atoms. The predicted octanol–water partition coefficient (Wildman–Crippen LogP) is 2.52. The maximum absolute atomic E-state index is 14.6. The molecular weight excluding hydrogens is 1280 g/mol. The number of alkyl halides is 2. The van der Waals surface area contributed by atoms with Crippen LogP contribution in [0.3, 0.4) is 0 Å². The Bertz CT molecular complexity index is 3380. The molecule has 518 valence electrons. The SMILES string of the molecule is NCCOCCOCCOCCOCCOCCOCCOCCC(=O)Nc1cc(/C=C/C(=O)N2C[C@@H](CCl)c3c2cc(O[C@@H]2O[C@H](CO)[C@H](O)[C@H](O)[C@H]2O)c2ccccc32)ccc1/C=C/C(=O)N1C[C@@H](CCl)c2c1cc(O[C@@H]1O[C@H](CO)[C@H](O)[C@H](O)[C@H]1O)c1ccccc21. The Morgan fingerprint density at radius 3 is 1.33 bits per heavy atom. The van der Waals surface area contributed by atoms with Crippen molar-refractivity contribution in [3.05, 3.63) is 113 Å². The summed E-state index contributed by atoms with van der Waals surface area (Å²) >= 11 is 13.2. The highest BCUT2D eigenvalue weighted by atomic mass is 35.5. The van der Waals surface area contributed by atoms with E-state index in [9.17, 15) is 55.2 Å². The molecule has 3 amide bonds. The molecule has 5 aromatic carbocycles. The van der Waals surface area contributed by atoms with Crippen molar-refractivity contribution in [1.82, 2.24) is 0 Å². The topological polar surface area (TPSA) is 359 Å². The molecule has 2 saturated heterocycles. The van der Waals surface area contributed by atoms with Crippen LogP contribution in [0.4, 0.5) is 17.1 Å². The van der Waals surface area contributed by atoms with Crippen LogP contribution in [0, 0.1) is 0 Å². The fraction of sp³-hybridized carbons (Fsp3) is 0.507. The molecule has 4 aliphatic heterocycles. The van der Waals surface area contributed by atoms with Crippen LogP contribution in [0.1, 0.15) is 40.5 Å². The summed E-state index contributed by atoms with van der Waals surface area (Å²) < 4.78 is 62.4. The van der Waals surface area contributed by atoms with Gasteiger partial charge in [0.25, 0.3) is 11.8 Å². The van der Waals surface area contributed by atoms with Gasteiger partial charge < -0.3 is 114 Å². The highest BCUT2D eigenvalue weighted by Crippen LogP contribution is 2.48. The van der Waals surface area contributed by atoms with Gasteiger partial charge >= 0.3 is 0 Å². The molecule has 2 fully saturated rings. The zero-order valence-electron chi connectivity index (χ0n) is 52.3. The molecule has 4 heterocycles. The van der Waals surface area contributed by atoms with Gasteiger partial charge in [-0.3, -0.25) is 14.4 Å². The lowest BCUT2D eigenvalue weighted by atomic mass is 9.95. The average Bonchev–Trinajstić information content (AvgIpc) is 1.65. The van der Waals surface area contributed by atoms with Gasteiger partial charge in [0.05, 0.1) is 124 Å². The smallest absolute Gasteiger partial charge is 0.251 e. The van der Waals surface area contributed by atoms with Crippen molar-refractivity contribution in [3.8, 4) is 11.5 Å². The van der Waals surface area contributed by atoms with Crippen LogP contribution in [-0.2, 0) is 57.0 Å². The molecule has 0 aromatic heterocycles. The first kappa shape index (κ1) is 73.2. The lowest BCUT2D eigenvalue weighted by Gasteiger charge is -2.39. The number of hydrogen-bond acceptors (Lipinski definition) is 23. The minimum Gasteiger partial charge on any atom is -0.461 e. The van der Waals surface area contributed by atoms with Crippen molar-refractivity contribution >= 4 is 91.7 Å². The third-order valence-electron chi connectivity index (χ3n) is 16.5. The van der Waals surface area contributed by atoms with E-state index in [4.69, 9.17) is 81.0 Å². The van der Waals surface area contributed by atoms with E-state index in [0.29, 0.717) is 123 Å². The highest BCUT2D eigenvalue weighted by Gasteiger charge is 2.47. The summed E-state index contributed by atoms with van der Waals surface area (Å²) in [5.41, 5.74) is 9.03. The van der Waals surface area contributed by atoms with Crippen molar-refractivity contribution in [2.24, 2.45) is 5.73 Å². The van der Waals surface area contributed by atoms with Gasteiger partial charge in [0.1, 0.15) is 60.3 Å². The van der Waals surface area contributed by atoms with Crippen molar-refractivity contribution < 1.29 is 107 Å². The number of hydrogen-bond donors (Lipinski definition) is 10. The van der Waals surface area contributed by atoms with Crippen molar-refractivity contribution in [1.29, 1.82) is 0 Å². The standard InChI is InChI=1S/C67H84Cl2N4O22/c68-34-42-36-72(49-32-51(44-5-1-3-7-46(44)58(42)49)92-66-64(83)62(81)60(79)53(38-74)94-66)56(77)13-10-40-9-11-41(48(31-40)71-55(76)15-17-85-19-21-87-23-25-89-27-29-91-30-28-90-26-24-88-22-20-86-18-16-70)12-14-57(78)73-37-43(35-69)59-47-8-4-2-6-45(47)52(33-50(59)73)93-67-65(84)63(82)61(80)54(39-75)95-67/h1-14,31-33,42-43,53-54,60-67,74-75,79-84H,15-30,34-39,70H2,(H,71,76)/b13-10+,14-12+/t42-,43-,53-,54-,60+,61+,62+,63+,64-,65-,66-,67-/m1/s1. The number of rotatable bonds is 36. The summed E-state index contributed by atoms with van der Waals surface area (Å²) in [6, 6.07) is 22.7. The number of nitrogens with two attached hydrogens (primary N) is 1. The molecule has 28 heteroatoms. The van der Waals surface area contributed by atoms with E-state index in [1.807, 2.05) is 24.3 Å². The lowest BCUT2D eigenvalue weighted by Crippen LogP contribution is -2.60. The Labute approximate surface area is 559 Å². The van der Waals surface area contributed by atoms with Gasteiger partial charge in [-0.25, -0.2) is 0 Å². The largest absolute Gasteiger partial charge is 0.461 e. The quantitative estimate of drug-likeness (QED) is 0.0156. The van der Waals surface area contributed by atoms with E-state index in [2.05, 4.69) is 5.32 Å². The third-order valence-corrected chi connectivity index (χ3v) is 17.2. The number of carbonyl (C=O) groups excluding carboxylic acids is 3. The Kier molecular flexibility index (Phi) is 28.2. The maximum atomic E-state index is 14.6. The Morgan fingerprint density at radius 2 is 0.916 bits per heavy atom. The van der Waals surface area contributed by atoms with E-state index in [0.717, 1.165) is 11.1 Å². The lowest BCUT2D eigenvalue weighted by molar-refractivity contribution is -0.277. The second kappa shape index (κ2) is 36.5. The first-order valence-electron chi connectivity index (χ1n) is 31.5. The summed E-state index contributed by atoms with van der Waals surface area (Å²) in [7, 11) is 0. The summed E-state index contributed by atoms with van der Waals surface area (Å²) in [6.45, 7) is 4.64. The molecule has 9 rings (SSSR count). The molecule has 4 aliphatic rings. The molecule has 0 bridgehead atoms. The van der Waals surface area contributed by atoms with Crippen LogP contribution in [0.2, 0.25) is 0 Å². The van der Waals surface area contributed by atoms with Crippen molar-refractivity contribution in [3.63, 3.8) is 0 Å². The van der Waals surface area contributed by atoms with Gasteiger partial charge in [-0.2, -0.15) is 0 Å².